The van der Waals surface area contributed by atoms with Gasteiger partial charge in [-0.1, -0.05) is 13.8 Å². The fourth-order valence-electron chi connectivity index (χ4n) is 3.10. The third-order valence-corrected chi connectivity index (χ3v) is 4.14. The van der Waals surface area contributed by atoms with E-state index in [-0.39, 0.29) is 0 Å². The molecule has 86 valence electrons. The van der Waals surface area contributed by atoms with Gasteiger partial charge in [0.1, 0.15) is 5.78 Å². The van der Waals surface area contributed by atoms with Gasteiger partial charge in [-0.3, -0.25) is 4.79 Å². The third kappa shape index (κ3) is 2.60. The Morgan fingerprint density at radius 1 is 1.13 bits per heavy atom. The van der Waals surface area contributed by atoms with Crippen molar-refractivity contribution in [3.05, 3.63) is 0 Å². The summed E-state index contributed by atoms with van der Waals surface area (Å²) in [6, 6.07) is 0.476. The lowest BCUT2D eigenvalue weighted by molar-refractivity contribution is -0.126. The van der Waals surface area contributed by atoms with Crippen molar-refractivity contribution in [2.75, 3.05) is 6.54 Å². The summed E-state index contributed by atoms with van der Waals surface area (Å²) in [6.45, 7) is 5.69. The molecule has 4 atom stereocenters. The first kappa shape index (κ1) is 11.1. The van der Waals surface area contributed by atoms with Crippen LogP contribution in [0.15, 0.2) is 0 Å². The highest BCUT2D eigenvalue weighted by Gasteiger charge is 2.34. The maximum Gasteiger partial charge on any atom is 0.137 e. The number of hydrogen-bond donors (Lipinski definition) is 1. The van der Waals surface area contributed by atoms with Crippen LogP contribution in [0.5, 0.6) is 0 Å². The largest absolute Gasteiger partial charge is 0.313 e. The number of hydrogen-bond acceptors (Lipinski definition) is 2. The molecule has 0 amide bonds. The Labute approximate surface area is 92.8 Å². The van der Waals surface area contributed by atoms with Crippen LogP contribution in [0.4, 0.5) is 0 Å². The molecule has 0 aromatic rings. The van der Waals surface area contributed by atoms with E-state index in [9.17, 15) is 4.79 Å². The molecule has 0 radical (unpaired) electrons. The molecule has 2 fully saturated rings. The van der Waals surface area contributed by atoms with E-state index in [1.54, 1.807) is 0 Å². The summed E-state index contributed by atoms with van der Waals surface area (Å²) in [4.78, 5) is 11.9. The van der Waals surface area contributed by atoms with Crippen LogP contribution >= 0.6 is 0 Å². The van der Waals surface area contributed by atoms with Gasteiger partial charge in [-0.25, -0.2) is 0 Å². The molecule has 0 aromatic carbocycles. The smallest absolute Gasteiger partial charge is 0.137 e. The number of carbonyl (C=O) groups excluding carboxylic acids is 1. The molecule has 2 rings (SSSR count). The van der Waals surface area contributed by atoms with Crippen molar-refractivity contribution in [1.29, 1.82) is 0 Å². The molecule has 4 unspecified atom stereocenters. The summed E-state index contributed by atoms with van der Waals surface area (Å²) in [5.74, 6) is 2.37. The lowest BCUT2D eigenvalue weighted by Gasteiger charge is -2.37. The van der Waals surface area contributed by atoms with Gasteiger partial charge in [-0.15, -0.1) is 0 Å². The minimum Gasteiger partial charge on any atom is -0.313 e. The van der Waals surface area contributed by atoms with Gasteiger partial charge in [0.15, 0.2) is 0 Å². The fourth-order valence-corrected chi connectivity index (χ4v) is 3.10. The molecule has 2 aliphatic rings. The van der Waals surface area contributed by atoms with Crippen LogP contribution in [0.1, 0.15) is 46.0 Å². The van der Waals surface area contributed by atoms with E-state index in [1.165, 1.54) is 12.8 Å². The second-order valence-corrected chi connectivity index (χ2v) is 5.64. The van der Waals surface area contributed by atoms with Crippen molar-refractivity contribution in [2.24, 2.45) is 17.8 Å². The normalized spacial score (nSPS) is 42.9. The minimum atomic E-state index is 0.316. The molecule has 0 spiro atoms. The molecule has 0 bridgehead atoms. The molecule has 1 saturated carbocycles. The average Bonchev–Trinajstić information content (AvgIpc) is 2.22. The molecular weight excluding hydrogens is 186 g/mol. The first-order valence-corrected chi connectivity index (χ1v) is 6.43. The predicted molar refractivity (Wildman–Crippen MR) is 61.7 cm³/mol. The highest BCUT2D eigenvalue weighted by molar-refractivity contribution is 5.82. The Morgan fingerprint density at radius 3 is 2.60 bits per heavy atom. The summed E-state index contributed by atoms with van der Waals surface area (Å²) in [5, 5.41) is 3.55. The van der Waals surface area contributed by atoms with Crippen molar-refractivity contribution >= 4 is 5.78 Å². The van der Waals surface area contributed by atoms with Crippen molar-refractivity contribution in [3.8, 4) is 0 Å². The summed E-state index contributed by atoms with van der Waals surface area (Å²) in [6.07, 6.45) is 5.51. The van der Waals surface area contributed by atoms with Gasteiger partial charge in [0.05, 0.1) is 0 Å². The summed E-state index contributed by atoms with van der Waals surface area (Å²) in [5.41, 5.74) is 0. The van der Waals surface area contributed by atoms with E-state index in [4.69, 9.17) is 0 Å². The van der Waals surface area contributed by atoms with Gasteiger partial charge in [-0.05, 0) is 44.1 Å². The van der Waals surface area contributed by atoms with Gasteiger partial charge in [-0.2, -0.15) is 0 Å². The van der Waals surface area contributed by atoms with Crippen LogP contribution in [0.3, 0.4) is 0 Å². The van der Waals surface area contributed by atoms with E-state index in [0.717, 1.165) is 37.6 Å². The average molecular weight is 209 g/mol. The Kier molecular flexibility index (Phi) is 3.45. The number of ketones is 1. The summed E-state index contributed by atoms with van der Waals surface area (Å²) < 4.78 is 0. The molecule has 1 aliphatic heterocycles. The van der Waals surface area contributed by atoms with Gasteiger partial charge < -0.3 is 5.32 Å². The predicted octanol–water partition coefficient (Wildman–Crippen LogP) is 2.38. The zero-order valence-electron chi connectivity index (χ0n) is 9.96. The van der Waals surface area contributed by atoms with Crippen molar-refractivity contribution in [1.82, 2.24) is 5.32 Å². The van der Waals surface area contributed by atoms with Crippen molar-refractivity contribution < 1.29 is 4.79 Å². The minimum absolute atomic E-state index is 0.316. The van der Waals surface area contributed by atoms with E-state index < -0.39 is 0 Å². The van der Waals surface area contributed by atoms with Crippen molar-refractivity contribution in [3.63, 3.8) is 0 Å². The second-order valence-electron chi connectivity index (χ2n) is 5.64. The molecule has 0 aromatic heterocycles. The van der Waals surface area contributed by atoms with Crippen LogP contribution in [-0.2, 0) is 4.79 Å². The van der Waals surface area contributed by atoms with Gasteiger partial charge in [0, 0.05) is 18.4 Å². The fraction of sp³-hybridized carbons (Fsp3) is 0.923. The number of piperidine rings is 1. The molecule has 2 heteroatoms. The highest BCUT2D eigenvalue weighted by Crippen LogP contribution is 2.32. The Hall–Kier alpha value is -0.370. The van der Waals surface area contributed by atoms with Gasteiger partial charge in [0.2, 0.25) is 0 Å². The van der Waals surface area contributed by atoms with Crippen molar-refractivity contribution in [2.45, 2.75) is 52.0 Å². The lowest BCUT2D eigenvalue weighted by atomic mass is 9.74. The summed E-state index contributed by atoms with van der Waals surface area (Å²) >= 11 is 0. The van der Waals surface area contributed by atoms with Crippen LogP contribution in [0, 0.1) is 17.8 Å². The van der Waals surface area contributed by atoms with Gasteiger partial charge >= 0.3 is 0 Å². The van der Waals surface area contributed by atoms with Crippen LogP contribution in [0.2, 0.25) is 0 Å². The lowest BCUT2D eigenvalue weighted by Crippen LogP contribution is -2.47. The second kappa shape index (κ2) is 4.65. The van der Waals surface area contributed by atoms with Gasteiger partial charge in [0.25, 0.3) is 0 Å². The maximum absolute atomic E-state index is 11.9. The van der Waals surface area contributed by atoms with Crippen LogP contribution in [0.25, 0.3) is 0 Å². The standard InChI is InChI=1S/C13H23NO/c1-9-3-4-13(15)11(7-9)12-8-10(2)5-6-14-12/h9-12,14H,3-8H2,1-2H3. The van der Waals surface area contributed by atoms with E-state index in [1.807, 2.05) is 0 Å². The molecule has 1 N–H and O–H groups in total. The molecule has 1 saturated heterocycles. The number of rotatable bonds is 1. The Balaban J connectivity index is 1.98. The zero-order chi connectivity index (χ0) is 10.8. The SMILES string of the molecule is CC1CCNC(C2CC(C)CCC2=O)C1. The van der Waals surface area contributed by atoms with Crippen LogP contribution < -0.4 is 5.32 Å². The molecule has 1 heterocycles. The first-order valence-electron chi connectivity index (χ1n) is 6.43. The first-order chi connectivity index (χ1) is 7.16. The third-order valence-electron chi connectivity index (χ3n) is 4.14. The number of nitrogens with one attached hydrogen (secondary N) is 1. The molecular formula is C13H23NO. The number of carbonyl (C=O) groups is 1. The number of Topliss-reactive ketones (excluding diaryl/α,β-unsaturated/α-hetero) is 1. The molecule has 2 nitrogen and oxygen atoms in total. The van der Waals surface area contributed by atoms with E-state index in [0.29, 0.717) is 17.7 Å². The topological polar surface area (TPSA) is 29.1 Å². The van der Waals surface area contributed by atoms with Crippen LogP contribution in [-0.4, -0.2) is 18.4 Å². The zero-order valence-corrected chi connectivity index (χ0v) is 9.96. The quantitative estimate of drug-likeness (QED) is 0.718. The van der Waals surface area contributed by atoms with E-state index >= 15 is 0 Å². The molecule has 15 heavy (non-hydrogen) atoms. The maximum atomic E-state index is 11.9. The van der Waals surface area contributed by atoms with E-state index in [2.05, 4.69) is 19.2 Å². The summed E-state index contributed by atoms with van der Waals surface area (Å²) in [7, 11) is 0. The highest BCUT2D eigenvalue weighted by atomic mass is 16.1. The molecule has 1 aliphatic carbocycles. The Bertz CT molecular complexity index is 239. The monoisotopic (exact) mass is 209 g/mol. The Morgan fingerprint density at radius 2 is 1.87 bits per heavy atom.